The first kappa shape index (κ1) is 20.1. The maximum atomic E-state index is 12.4. The molecule has 0 saturated heterocycles. The summed E-state index contributed by atoms with van der Waals surface area (Å²) in [4.78, 5) is 25.0. The predicted octanol–water partition coefficient (Wildman–Crippen LogP) is 3.51. The summed E-state index contributed by atoms with van der Waals surface area (Å²) in [5.41, 5.74) is 2.32. The van der Waals surface area contributed by atoms with Gasteiger partial charge in [-0.1, -0.05) is 30.3 Å². The average Bonchev–Trinajstić information content (AvgIpc) is 3.30. The second kappa shape index (κ2) is 10.1. The average molecular weight is 405 g/mol. The number of hydrogen-bond donors (Lipinski definition) is 2. The molecule has 2 aromatic carbocycles. The molecule has 0 aliphatic carbocycles. The van der Waals surface area contributed by atoms with Crippen LogP contribution in [-0.4, -0.2) is 18.4 Å². The van der Waals surface area contributed by atoms with Gasteiger partial charge in [-0.25, -0.2) is 0 Å². The van der Waals surface area contributed by atoms with Gasteiger partial charge in [-0.05, 0) is 46.8 Å². The van der Waals surface area contributed by atoms with Crippen LogP contribution >= 0.6 is 11.3 Å². The first-order valence-electron chi connectivity index (χ1n) is 8.93. The van der Waals surface area contributed by atoms with Gasteiger partial charge in [0.2, 0.25) is 0 Å². The number of thiophene rings is 1. The van der Waals surface area contributed by atoms with Crippen molar-refractivity contribution < 1.29 is 14.3 Å². The van der Waals surface area contributed by atoms with E-state index in [9.17, 15) is 9.59 Å². The second-order valence-corrected chi connectivity index (χ2v) is 7.08. The van der Waals surface area contributed by atoms with Crippen LogP contribution < -0.4 is 15.4 Å². The molecule has 29 heavy (non-hydrogen) atoms. The highest BCUT2D eigenvalue weighted by molar-refractivity contribution is 7.12. The summed E-state index contributed by atoms with van der Waals surface area (Å²) in [6, 6.07) is 19.9. The fourth-order valence-electron chi connectivity index (χ4n) is 2.60. The zero-order valence-electron chi connectivity index (χ0n) is 15.6. The first-order chi connectivity index (χ1) is 14.2. The number of rotatable bonds is 8. The number of carbonyl (C=O) groups excluding carboxylic acids is 2. The molecule has 2 amide bonds. The number of ether oxygens (including phenoxy) is 1. The van der Waals surface area contributed by atoms with E-state index < -0.39 is 0 Å². The molecule has 6 nitrogen and oxygen atoms in total. The van der Waals surface area contributed by atoms with Gasteiger partial charge in [-0.2, -0.15) is 5.26 Å². The standard InChI is InChI=1S/C22H19N3O3S/c23-10-11-28-19-4-1-3-17(13-19)15-24-21(26)18-8-6-16(7-9-18)14-25-22(27)20-5-2-12-29-20/h1-9,12-13H,11,14-15H2,(H,24,26)(H,25,27). The van der Waals surface area contributed by atoms with E-state index in [4.69, 9.17) is 10.00 Å². The number of nitrogens with one attached hydrogen (secondary N) is 2. The lowest BCUT2D eigenvalue weighted by Gasteiger charge is -2.08. The molecule has 7 heteroatoms. The molecule has 2 N–H and O–H groups in total. The van der Waals surface area contributed by atoms with Crippen molar-refractivity contribution in [3.63, 3.8) is 0 Å². The van der Waals surface area contributed by atoms with Gasteiger partial charge in [0.05, 0.1) is 4.88 Å². The molecule has 1 heterocycles. The molecule has 0 bridgehead atoms. The third-order valence-electron chi connectivity index (χ3n) is 4.07. The van der Waals surface area contributed by atoms with Crippen LogP contribution in [0.1, 0.15) is 31.2 Å². The van der Waals surface area contributed by atoms with Crippen LogP contribution in [0.3, 0.4) is 0 Å². The van der Waals surface area contributed by atoms with E-state index in [1.807, 2.05) is 41.8 Å². The fraction of sp³-hybridized carbons (Fsp3) is 0.136. The molecule has 1 aromatic heterocycles. The fourth-order valence-corrected chi connectivity index (χ4v) is 3.24. The minimum Gasteiger partial charge on any atom is -0.479 e. The van der Waals surface area contributed by atoms with Gasteiger partial charge in [0, 0.05) is 18.7 Å². The van der Waals surface area contributed by atoms with Crippen molar-refractivity contribution in [3.8, 4) is 11.8 Å². The molecule has 0 unspecified atom stereocenters. The normalized spacial score (nSPS) is 10.0. The maximum Gasteiger partial charge on any atom is 0.261 e. The molecular weight excluding hydrogens is 386 g/mol. The van der Waals surface area contributed by atoms with Crippen LogP contribution in [0, 0.1) is 11.3 Å². The third-order valence-corrected chi connectivity index (χ3v) is 4.94. The summed E-state index contributed by atoms with van der Waals surface area (Å²) in [6.07, 6.45) is 0. The number of nitriles is 1. The summed E-state index contributed by atoms with van der Waals surface area (Å²) >= 11 is 1.39. The van der Waals surface area contributed by atoms with Crippen LogP contribution in [0.2, 0.25) is 0 Å². The Morgan fingerprint density at radius 1 is 0.931 bits per heavy atom. The molecule has 0 aliphatic rings. The Morgan fingerprint density at radius 2 is 1.69 bits per heavy atom. The highest BCUT2D eigenvalue weighted by Crippen LogP contribution is 2.13. The number of nitrogens with zero attached hydrogens (tertiary/aromatic N) is 1. The van der Waals surface area contributed by atoms with Crippen LogP contribution in [0.4, 0.5) is 0 Å². The molecule has 3 rings (SSSR count). The van der Waals surface area contributed by atoms with Crippen molar-refractivity contribution in [1.82, 2.24) is 10.6 Å². The Labute approximate surface area is 172 Å². The molecule has 146 valence electrons. The van der Waals surface area contributed by atoms with Gasteiger partial charge in [0.25, 0.3) is 11.8 Å². The Bertz CT molecular complexity index is 1010. The quantitative estimate of drug-likeness (QED) is 0.600. The molecule has 0 atom stereocenters. The largest absolute Gasteiger partial charge is 0.479 e. The van der Waals surface area contributed by atoms with E-state index in [2.05, 4.69) is 10.6 Å². The zero-order chi connectivity index (χ0) is 20.5. The van der Waals surface area contributed by atoms with Crippen LogP contribution in [0.15, 0.2) is 66.0 Å². The van der Waals surface area contributed by atoms with Gasteiger partial charge in [0.1, 0.15) is 11.8 Å². The van der Waals surface area contributed by atoms with Crippen molar-refractivity contribution in [1.29, 1.82) is 5.26 Å². The van der Waals surface area contributed by atoms with E-state index in [-0.39, 0.29) is 18.4 Å². The molecule has 0 aliphatic heterocycles. The Morgan fingerprint density at radius 3 is 2.41 bits per heavy atom. The second-order valence-electron chi connectivity index (χ2n) is 6.13. The maximum absolute atomic E-state index is 12.4. The van der Waals surface area contributed by atoms with E-state index in [1.54, 1.807) is 30.3 Å². The number of hydrogen-bond acceptors (Lipinski definition) is 5. The van der Waals surface area contributed by atoms with Gasteiger partial charge in [-0.15, -0.1) is 11.3 Å². The summed E-state index contributed by atoms with van der Waals surface area (Å²) in [5.74, 6) is 0.289. The summed E-state index contributed by atoms with van der Waals surface area (Å²) in [7, 11) is 0. The molecule has 0 spiro atoms. The van der Waals surface area contributed by atoms with Crippen LogP contribution in [0.5, 0.6) is 5.75 Å². The Balaban J connectivity index is 1.50. The SMILES string of the molecule is N#CCOc1cccc(CNC(=O)c2ccc(CNC(=O)c3cccs3)cc2)c1. The summed E-state index contributed by atoms with van der Waals surface area (Å²) < 4.78 is 5.26. The Kier molecular flexibility index (Phi) is 6.98. The lowest BCUT2D eigenvalue weighted by Crippen LogP contribution is -2.23. The lowest BCUT2D eigenvalue weighted by molar-refractivity contribution is 0.0943. The van der Waals surface area contributed by atoms with Crippen molar-refractivity contribution in [3.05, 3.63) is 87.6 Å². The smallest absolute Gasteiger partial charge is 0.261 e. The van der Waals surface area contributed by atoms with Crippen molar-refractivity contribution in [2.75, 3.05) is 6.61 Å². The van der Waals surface area contributed by atoms with Gasteiger partial charge >= 0.3 is 0 Å². The monoisotopic (exact) mass is 405 g/mol. The zero-order valence-corrected chi connectivity index (χ0v) is 16.4. The van der Waals surface area contributed by atoms with Crippen molar-refractivity contribution in [2.24, 2.45) is 0 Å². The van der Waals surface area contributed by atoms with Crippen molar-refractivity contribution in [2.45, 2.75) is 13.1 Å². The molecular formula is C22H19N3O3S. The first-order valence-corrected chi connectivity index (χ1v) is 9.81. The van der Waals surface area contributed by atoms with E-state index >= 15 is 0 Å². The van der Waals surface area contributed by atoms with Gasteiger partial charge in [-0.3, -0.25) is 9.59 Å². The summed E-state index contributed by atoms with van der Waals surface area (Å²) in [5, 5.41) is 16.1. The van der Waals surface area contributed by atoms with E-state index in [0.717, 1.165) is 11.1 Å². The van der Waals surface area contributed by atoms with Crippen molar-refractivity contribution >= 4 is 23.2 Å². The minimum absolute atomic E-state index is 0.0179. The summed E-state index contributed by atoms with van der Waals surface area (Å²) in [6.45, 7) is 0.727. The van der Waals surface area contributed by atoms with Gasteiger partial charge < -0.3 is 15.4 Å². The van der Waals surface area contributed by atoms with Crippen LogP contribution in [0.25, 0.3) is 0 Å². The molecule has 0 saturated carbocycles. The number of carbonyl (C=O) groups is 2. The Hall–Kier alpha value is -3.63. The number of amides is 2. The lowest BCUT2D eigenvalue weighted by atomic mass is 10.1. The van der Waals surface area contributed by atoms with E-state index in [0.29, 0.717) is 29.3 Å². The van der Waals surface area contributed by atoms with Gasteiger partial charge in [0.15, 0.2) is 6.61 Å². The van der Waals surface area contributed by atoms with Crippen LogP contribution in [-0.2, 0) is 13.1 Å². The molecule has 0 radical (unpaired) electrons. The van der Waals surface area contributed by atoms with E-state index in [1.165, 1.54) is 11.3 Å². The topological polar surface area (TPSA) is 91.2 Å². The predicted molar refractivity (Wildman–Crippen MR) is 111 cm³/mol. The minimum atomic E-state index is -0.192. The highest BCUT2D eigenvalue weighted by atomic mass is 32.1. The number of benzene rings is 2. The molecule has 3 aromatic rings. The molecule has 0 fully saturated rings. The highest BCUT2D eigenvalue weighted by Gasteiger charge is 2.08. The third kappa shape index (κ3) is 5.92.